The van der Waals surface area contributed by atoms with Crippen molar-refractivity contribution in [3.05, 3.63) is 41.6 Å². The first-order valence-electron chi connectivity index (χ1n) is 4.46. The van der Waals surface area contributed by atoms with Gasteiger partial charge >= 0.3 is 0 Å². The van der Waals surface area contributed by atoms with E-state index in [-0.39, 0.29) is 11.4 Å². The number of hydrogen-bond donors (Lipinski definition) is 2. The number of nitriles is 1. The second kappa shape index (κ2) is 3.66. The van der Waals surface area contributed by atoms with Crippen LogP contribution in [-0.4, -0.2) is 4.98 Å². The number of nitrogens with two attached hydrogens (primary N) is 1. The second-order valence-electron chi connectivity index (χ2n) is 3.23. The number of nitrogen functional groups attached to an aromatic ring is 1. The first-order chi connectivity index (χ1) is 7.63. The molecule has 0 bridgehead atoms. The summed E-state index contributed by atoms with van der Waals surface area (Å²) in [5, 5.41) is 8.86. The zero-order valence-corrected chi connectivity index (χ0v) is 8.09. The van der Waals surface area contributed by atoms with E-state index in [1.54, 1.807) is 0 Å². The van der Waals surface area contributed by atoms with Gasteiger partial charge < -0.3 is 10.7 Å². The van der Waals surface area contributed by atoms with E-state index >= 15 is 0 Å². The SMILES string of the molecule is N#Cc1c(-c2ccc(F)c(F)c2)c[nH]c1N. The lowest BCUT2D eigenvalue weighted by Crippen LogP contribution is -1.89. The lowest BCUT2D eigenvalue weighted by molar-refractivity contribution is 0.509. The van der Waals surface area contributed by atoms with Gasteiger partial charge in [0.1, 0.15) is 17.5 Å². The average Bonchev–Trinajstić information content (AvgIpc) is 2.63. The van der Waals surface area contributed by atoms with Gasteiger partial charge in [-0.1, -0.05) is 6.07 Å². The van der Waals surface area contributed by atoms with Gasteiger partial charge in [0.25, 0.3) is 0 Å². The van der Waals surface area contributed by atoms with Crippen molar-refractivity contribution in [2.24, 2.45) is 0 Å². The minimum absolute atomic E-state index is 0.210. The van der Waals surface area contributed by atoms with Gasteiger partial charge in [0.2, 0.25) is 0 Å². The van der Waals surface area contributed by atoms with Crippen LogP contribution in [0.1, 0.15) is 5.56 Å². The molecule has 0 saturated carbocycles. The molecule has 2 aromatic rings. The van der Waals surface area contributed by atoms with Crippen molar-refractivity contribution < 1.29 is 8.78 Å². The largest absolute Gasteiger partial charge is 0.384 e. The first kappa shape index (κ1) is 10.2. The Morgan fingerprint density at radius 1 is 1.25 bits per heavy atom. The highest BCUT2D eigenvalue weighted by Gasteiger charge is 2.12. The molecule has 0 aliphatic rings. The number of H-pyrrole nitrogens is 1. The van der Waals surface area contributed by atoms with Gasteiger partial charge in [-0.3, -0.25) is 0 Å². The second-order valence-corrected chi connectivity index (χ2v) is 3.23. The Morgan fingerprint density at radius 3 is 2.62 bits per heavy atom. The van der Waals surface area contributed by atoms with Crippen LogP contribution in [0.4, 0.5) is 14.6 Å². The van der Waals surface area contributed by atoms with Crippen molar-refractivity contribution in [1.82, 2.24) is 4.98 Å². The minimum atomic E-state index is -0.957. The molecular formula is C11H7F2N3. The Labute approximate surface area is 90.1 Å². The highest BCUT2D eigenvalue weighted by atomic mass is 19.2. The number of rotatable bonds is 1. The van der Waals surface area contributed by atoms with E-state index < -0.39 is 11.6 Å². The predicted molar refractivity (Wildman–Crippen MR) is 55.3 cm³/mol. The molecule has 0 atom stereocenters. The molecule has 3 nitrogen and oxygen atoms in total. The topological polar surface area (TPSA) is 65.6 Å². The average molecular weight is 219 g/mol. The van der Waals surface area contributed by atoms with E-state index in [0.717, 1.165) is 12.1 Å². The van der Waals surface area contributed by atoms with E-state index in [4.69, 9.17) is 11.0 Å². The van der Waals surface area contributed by atoms with Crippen LogP contribution >= 0.6 is 0 Å². The molecule has 0 aliphatic heterocycles. The summed E-state index contributed by atoms with van der Waals surface area (Å²) in [6.07, 6.45) is 1.49. The zero-order valence-electron chi connectivity index (χ0n) is 8.09. The third kappa shape index (κ3) is 1.50. The van der Waals surface area contributed by atoms with E-state index in [9.17, 15) is 8.78 Å². The molecule has 0 amide bonds. The van der Waals surface area contributed by atoms with Crippen molar-refractivity contribution in [3.63, 3.8) is 0 Å². The fraction of sp³-hybridized carbons (Fsp3) is 0. The normalized spacial score (nSPS) is 10.1. The Morgan fingerprint density at radius 2 is 2.00 bits per heavy atom. The molecule has 5 heteroatoms. The van der Waals surface area contributed by atoms with Crippen molar-refractivity contribution in [1.29, 1.82) is 5.26 Å². The van der Waals surface area contributed by atoms with Gasteiger partial charge in [-0.2, -0.15) is 5.26 Å². The lowest BCUT2D eigenvalue weighted by Gasteiger charge is -2.00. The molecular weight excluding hydrogens is 212 g/mol. The standard InChI is InChI=1S/C11H7F2N3/c12-9-2-1-6(3-10(9)13)8-5-16-11(15)7(8)4-14/h1-3,5,16H,15H2. The Balaban J connectivity index is 2.60. The van der Waals surface area contributed by atoms with Crippen LogP contribution < -0.4 is 5.73 Å². The number of halogens is 2. The molecule has 0 aliphatic carbocycles. The Kier molecular flexibility index (Phi) is 2.33. The summed E-state index contributed by atoms with van der Waals surface area (Å²) in [6.45, 7) is 0. The van der Waals surface area contributed by atoms with Crippen molar-refractivity contribution in [3.8, 4) is 17.2 Å². The fourth-order valence-corrected chi connectivity index (χ4v) is 1.45. The summed E-state index contributed by atoms with van der Waals surface area (Å²) in [5.41, 5.74) is 6.60. The third-order valence-corrected chi connectivity index (χ3v) is 2.25. The summed E-state index contributed by atoms with van der Waals surface area (Å²) < 4.78 is 25.7. The number of nitrogens with zero attached hydrogens (tertiary/aromatic N) is 1. The van der Waals surface area contributed by atoms with Crippen molar-refractivity contribution >= 4 is 5.82 Å². The highest BCUT2D eigenvalue weighted by molar-refractivity contribution is 5.75. The molecule has 0 spiro atoms. The van der Waals surface area contributed by atoms with Crippen LogP contribution in [0.5, 0.6) is 0 Å². The zero-order chi connectivity index (χ0) is 11.7. The van der Waals surface area contributed by atoms with Crippen LogP contribution in [0, 0.1) is 23.0 Å². The van der Waals surface area contributed by atoms with Gasteiger partial charge in [-0.25, -0.2) is 8.78 Å². The van der Waals surface area contributed by atoms with Crippen LogP contribution in [0.3, 0.4) is 0 Å². The maximum absolute atomic E-state index is 13.0. The van der Waals surface area contributed by atoms with E-state index in [2.05, 4.69) is 4.98 Å². The molecule has 2 rings (SSSR count). The van der Waals surface area contributed by atoms with Gasteiger partial charge in [0, 0.05) is 11.8 Å². The molecule has 0 saturated heterocycles. The van der Waals surface area contributed by atoms with Crippen molar-refractivity contribution in [2.45, 2.75) is 0 Å². The molecule has 16 heavy (non-hydrogen) atoms. The number of anilines is 1. The molecule has 0 fully saturated rings. The van der Waals surface area contributed by atoms with E-state index in [1.165, 1.54) is 12.3 Å². The lowest BCUT2D eigenvalue weighted by atomic mass is 10.0. The first-order valence-corrected chi connectivity index (χ1v) is 4.46. The van der Waals surface area contributed by atoms with Gasteiger partial charge in [-0.05, 0) is 17.7 Å². The number of aromatic nitrogens is 1. The van der Waals surface area contributed by atoms with Crippen LogP contribution in [-0.2, 0) is 0 Å². The Hall–Kier alpha value is -2.35. The van der Waals surface area contributed by atoms with Crippen LogP contribution in [0.25, 0.3) is 11.1 Å². The number of hydrogen-bond acceptors (Lipinski definition) is 2. The Bertz CT molecular complexity index is 581. The smallest absolute Gasteiger partial charge is 0.159 e. The van der Waals surface area contributed by atoms with Crippen LogP contribution in [0.2, 0.25) is 0 Å². The van der Waals surface area contributed by atoms with E-state index in [0.29, 0.717) is 11.1 Å². The van der Waals surface area contributed by atoms with Crippen LogP contribution in [0.15, 0.2) is 24.4 Å². The number of nitrogens with one attached hydrogen (secondary N) is 1. The minimum Gasteiger partial charge on any atom is -0.384 e. The summed E-state index contributed by atoms with van der Waals surface area (Å²) in [6, 6.07) is 5.33. The summed E-state index contributed by atoms with van der Waals surface area (Å²) >= 11 is 0. The maximum atomic E-state index is 13.0. The summed E-state index contributed by atoms with van der Waals surface area (Å²) in [5.74, 6) is -1.67. The number of aromatic amines is 1. The molecule has 1 aromatic carbocycles. The quantitative estimate of drug-likeness (QED) is 0.773. The summed E-state index contributed by atoms with van der Waals surface area (Å²) in [7, 11) is 0. The molecule has 80 valence electrons. The third-order valence-electron chi connectivity index (χ3n) is 2.25. The maximum Gasteiger partial charge on any atom is 0.159 e. The molecule has 3 N–H and O–H groups in total. The molecule has 0 radical (unpaired) electrons. The van der Waals surface area contributed by atoms with Gasteiger partial charge in [-0.15, -0.1) is 0 Å². The summed E-state index contributed by atoms with van der Waals surface area (Å²) in [4.78, 5) is 2.66. The number of benzene rings is 1. The highest BCUT2D eigenvalue weighted by Crippen LogP contribution is 2.27. The molecule has 1 aromatic heterocycles. The monoisotopic (exact) mass is 219 g/mol. The van der Waals surface area contributed by atoms with Gasteiger partial charge in [0.05, 0.1) is 0 Å². The molecule has 1 heterocycles. The van der Waals surface area contributed by atoms with Gasteiger partial charge in [0.15, 0.2) is 11.6 Å². The fourth-order valence-electron chi connectivity index (χ4n) is 1.45. The van der Waals surface area contributed by atoms with E-state index in [1.807, 2.05) is 6.07 Å². The van der Waals surface area contributed by atoms with Crippen molar-refractivity contribution in [2.75, 3.05) is 5.73 Å². The predicted octanol–water partition coefficient (Wildman–Crippen LogP) is 2.41. The molecule has 0 unspecified atom stereocenters.